The number of carbonyl (C=O) groups excluding carboxylic acids is 1. The fourth-order valence-electron chi connectivity index (χ4n) is 3.94. The summed E-state index contributed by atoms with van der Waals surface area (Å²) < 4.78 is 7.09. The molecule has 2 aromatic carbocycles. The molecule has 1 aromatic heterocycles. The summed E-state index contributed by atoms with van der Waals surface area (Å²) in [5.74, 6) is 0.0487. The van der Waals surface area contributed by atoms with Crippen LogP contribution in [0.1, 0.15) is 28.9 Å². The molecule has 1 N–H and O–H groups in total. The average molecular weight is 450 g/mol. The highest BCUT2D eigenvalue weighted by Gasteiger charge is 2.24. The first-order valence-corrected chi connectivity index (χ1v) is 10.9. The molecule has 0 spiro atoms. The molecule has 2 heterocycles. The van der Waals surface area contributed by atoms with Crippen LogP contribution in [0, 0.1) is 0 Å². The van der Waals surface area contributed by atoms with Gasteiger partial charge in [0.2, 0.25) is 5.69 Å². The van der Waals surface area contributed by atoms with E-state index in [2.05, 4.69) is 27.4 Å². The molecule has 0 bridgehead atoms. The van der Waals surface area contributed by atoms with Crippen LogP contribution in [0.2, 0.25) is 0 Å². The molecule has 172 valence electrons. The normalized spacial score (nSPS) is 14.7. The van der Waals surface area contributed by atoms with Crippen molar-refractivity contribution in [3.63, 3.8) is 0 Å². The van der Waals surface area contributed by atoms with E-state index in [4.69, 9.17) is 4.74 Å². The number of amides is 1. The lowest BCUT2D eigenvalue weighted by Crippen LogP contribution is -2.48. The minimum Gasteiger partial charge on any atom is -0.497 e. The monoisotopic (exact) mass is 449 g/mol. The fourth-order valence-corrected chi connectivity index (χ4v) is 3.94. The Hall–Kier alpha value is -3.72. The maximum Gasteiger partial charge on any atom is 0.351 e. The van der Waals surface area contributed by atoms with Crippen LogP contribution < -0.4 is 21.3 Å². The molecule has 0 unspecified atom stereocenters. The van der Waals surface area contributed by atoms with Gasteiger partial charge >= 0.3 is 5.69 Å². The van der Waals surface area contributed by atoms with Crippen molar-refractivity contribution >= 4 is 5.91 Å². The number of methoxy groups -OCH3 is 1. The number of rotatable bonds is 6. The molecule has 3 aromatic rings. The van der Waals surface area contributed by atoms with Crippen molar-refractivity contribution < 1.29 is 9.53 Å². The SMILES string of the molecule is COc1ccc(-n2nc(C(=O)NC3CCN(Cc4ccccc4)CC3)c(=O)n(C)c2=O)cc1. The summed E-state index contributed by atoms with van der Waals surface area (Å²) in [6, 6.07) is 16.8. The summed E-state index contributed by atoms with van der Waals surface area (Å²) in [5, 5.41) is 7.03. The average Bonchev–Trinajstić information content (AvgIpc) is 2.85. The third-order valence-corrected chi connectivity index (χ3v) is 5.88. The van der Waals surface area contributed by atoms with E-state index in [1.165, 1.54) is 12.6 Å². The molecule has 0 aliphatic carbocycles. The van der Waals surface area contributed by atoms with Gasteiger partial charge in [0.05, 0.1) is 12.8 Å². The molecule has 33 heavy (non-hydrogen) atoms. The van der Waals surface area contributed by atoms with Gasteiger partial charge in [0.1, 0.15) is 5.75 Å². The Labute approximate surface area is 191 Å². The molecule has 1 aliphatic rings. The predicted octanol–water partition coefficient (Wildman–Crippen LogP) is 1.33. The van der Waals surface area contributed by atoms with Gasteiger partial charge in [-0.1, -0.05) is 30.3 Å². The number of hydrogen-bond acceptors (Lipinski definition) is 6. The van der Waals surface area contributed by atoms with Gasteiger partial charge in [-0.25, -0.2) is 4.79 Å². The van der Waals surface area contributed by atoms with Gasteiger partial charge in [0, 0.05) is 32.7 Å². The number of likely N-dealkylation sites (tertiary alicyclic amines) is 1. The summed E-state index contributed by atoms with van der Waals surface area (Å²) in [6.07, 6.45) is 1.55. The van der Waals surface area contributed by atoms with Crippen LogP contribution in [0.25, 0.3) is 5.69 Å². The van der Waals surface area contributed by atoms with Crippen molar-refractivity contribution in [2.45, 2.75) is 25.4 Å². The Bertz CT molecular complexity index is 1230. The van der Waals surface area contributed by atoms with Crippen molar-refractivity contribution in [2.24, 2.45) is 7.05 Å². The molecule has 9 heteroatoms. The Morgan fingerprint density at radius 1 is 1.06 bits per heavy atom. The predicted molar refractivity (Wildman–Crippen MR) is 124 cm³/mol. The first kappa shape index (κ1) is 22.5. The van der Waals surface area contributed by atoms with Gasteiger partial charge in [-0.05, 0) is 42.7 Å². The Morgan fingerprint density at radius 3 is 2.36 bits per heavy atom. The van der Waals surface area contributed by atoms with Gasteiger partial charge in [-0.3, -0.25) is 19.1 Å². The maximum atomic E-state index is 12.9. The van der Waals surface area contributed by atoms with Crippen molar-refractivity contribution in [3.8, 4) is 11.4 Å². The molecule has 0 radical (unpaired) electrons. The van der Waals surface area contributed by atoms with Crippen molar-refractivity contribution in [1.82, 2.24) is 24.6 Å². The highest BCUT2D eigenvalue weighted by Crippen LogP contribution is 2.15. The molecule has 1 fully saturated rings. The second kappa shape index (κ2) is 9.83. The van der Waals surface area contributed by atoms with Crippen molar-refractivity contribution in [2.75, 3.05) is 20.2 Å². The van der Waals surface area contributed by atoms with Crippen LogP contribution >= 0.6 is 0 Å². The van der Waals surface area contributed by atoms with Crippen LogP contribution in [0.15, 0.2) is 64.2 Å². The Kier molecular flexibility index (Phi) is 6.69. The Balaban J connectivity index is 1.46. The minimum absolute atomic E-state index is 0.0580. The number of benzene rings is 2. The molecular formula is C24H27N5O4. The number of nitrogens with zero attached hydrogens (tertiary/aromatic N) is 4. The zero-order chi connectivity index (χ0) is 23.4. The van der Waals surface area contributed by atoms with Gasteiger partial charge in [-0.15, -0.1) is 0 Å². The summed E-state index contributed by atoms with van der Waals surface area (Å²) in [6.45, 7) is 2.56. The summed E-state index contributed by atoms with van der Waals surface area (Å²) in [4.78, 5) is 40.5. The number of aromatic nitrogens is 3. The zero-order valence-corrected chi connectivity index (χ0v) is 18.7. The number of carbonyl (C=O) groups is 1. The fraction of sp³-hybridized carbons (Fsp3) is 0.333. The quantitative estimate of drug-likeness (QED) is 0.610. The van der Waals surface area contributed by atoms with E-state index in [0.29, 0.717) is 11.4 Å². The molecular weight excluding hydrogens is 422 g/mol. The van der Waals surface area contributed by atoms with E-state index < -0.39 is 17.2 Å². The number of ether oxygens (including phenoxy) is 1. The molecule has 0 saturated carbocycles. The third kappa shape index (κ3) is 5.04. The third-order valence-electron chi connectivity index (χ3n) is 5.88. The lowest BCUT2D eigenvalue weighted by Gasteiger charge is -2.32. The van der Waals surface area contributed by atoms with Crippen LogP contribution in [-0.2, 0) is 13.6 Å². The molecule has 1 amide bonds. The van der Waals surface area contributed by atoms with E-state index in [-0.39, 0.29) is 11.7 Å². The maximum absolute atomic E-state index is 12.9. The molecule has 4 rings (SSSR count). The highest BCUT2D eigenvalue weighted by molar-refractivity contribution is 5.92. The second-order valence-electron chi connectivity index (χ2n) is 8.11. The number of nitrogens with one attached hydrogen (secondary N) is 1. The van der Waals surface area contributed by atoms with Gasteiger partial charge in [-0.2, -0.15) is 9.78 Å². The molecule has 9 nitrogen and oxygen atoms in total. The smallest absolute Gasteiger partial charge is 0.351 e. The first-order chi connectivity index (χ1) is 16.0. The minimum atomic E-state index is -0.719. The highest BCUT2D eigenvalue weighted by atomic mass is 16.5. The van der Waals surface area contributed by atoms with Crippen LogP contribution in [0.4, 0.5) is 0 Å². The Morgan fingerprint density at radius 2 is 1.73 bits per heavy atom. The number of hydrogen-bond donors (Lipinski definition) is 1. The van der Waals surface area contributed by atoms with Gasteiger partial charge in [0.15, 0.2) is 0 Å². The van der Waals surface area contributed by atoms with E-state index in [1.54, 1.807) is 31.4 Å². The lowest BCUT2D eigenvalue weighted by molar-refractivity contribution is 0.0899. The van der Waals surface area contributed by atoms with E-state index in [9.17, 15) is 14.4 Å². The van der Waals surface area contributed by atoms with Gasteiger partial charge in [0.25, 0.3) is 11.5 Å². The molecule has 0 atom stereocenters. The standard InChI is InChI=1S/C24H27N5O4/c1-27-23(31)21(26-29(24(27)32)19-8-10-20(33-2)11-9-19)22(30)25-18-12-14-28(15-13-18)16-17-6-4-3-5-7-17/h3-11,18H,12-16H2,1-2H3,(H,25,30). The summed E-state index contributed by atoms with van der Waals surface area (Å²) in [5.41, 5.74) is 0.0347. The molecule has 1 saturated heterocycles. The van der Waals surface area contributed by atoms with Crippen LogP contribution in [-0.4, -0.2) is 51.4 Å². The molecule has 1 aliphatic heterocycles. The number of piperidine rings is 1. The first-order valence-electron chi connectivity index (χ1n) is 10.9. The van der Waals surface area contributed by atoms with E-state index in [1.807, 2.05) is 18.2 Å². The second-order valence-corrected chi connectivity index (χ2v) is 8.11. The summed E-state index contributed by atoms with van der Waals surface area (Å²) >= 11 is 0. The van der Waals surface area contributed by atoms with Crippen molar-refractivity contribution in [1.29, 1.82) is 0 Å². The van der Waals surface area contributed by atoms with Crippen LogP contribution in [0.3, 0.4) is 0 Å². The van der Waals surface area contributed by atoms with E-state index >= 15 is 0 Å². The topological polar surface area (TPSA) is 98.5 Å². The van der Waals surface area contributed by atoms with Crippen molar-refractivity contribution in [3.05, 3.63) is 86.7 Å². The van der Waals surface area contributed by atoms with Gasteiger partial charge < -0.3 is 10.1 Å². The van der Waals surface area contributed by atoms with E-state index in [0.717, 1.165) is 41.7 Å². The van der Waals surface area contributed by atoms with Crippen LogP contribution in [0.5, 0.6) is 5.75 Å². The lowest BCUT2D eigenvalue weighted by atomic mass is 10.0. The largest absolute Gasteiger partial charge is 0.497 e. The summed E-state index contributed by atoms with van der Waals surface area (Å²) in [7, 11) is 2.88. The zero-order valence-electron chi connectivity index (χ0n) is 18.7.